The number of aromatic amines is 1. The number of carbonyl (C=O) groups is 1. The first-order valence-corrected chi connectivity index (χ1v) is 10.7. The van der Waals surface area contributed by atoms with E-state index in [1.165, 1.54) is 4.35 Å². The number of nitrogen functional groups attached to an aromatic ring is 1. The molecular formula is C17H21AsN6O. The SMILES string of the molecule is CCNC(=O)NCC[AsH]c1cc(N)nc2cc(-c3ccn[nH]3)ccc12. The quantitative estimate of drug-likeness (QED) is 0.366. The van der Waals surface area contributed by atoms with Gasteiger partial charge in [0.2, 0.25) is 0 Å². The number of nitrogens with one attached hydrogen (secondary N) is 3. The molecule has 0 fully saturated rings. The molecule has 2 amide bonds. The second kappa shape index (κ2) is 8.03. The summed E-state index contributed by atoms with van der Waals surface area (Å²) in [6.07, 6.45) is 1.73. The summed E-state index contributed by atoms with van der Waals surface area (Å²) in [7, 11) is 0. The van der Waals surface area contributed by atoms with Crippen LogP contribution >= 0.6 is 0 Å². The average Bonchev–Trinajstić information content (AvgIpc) is 3.12. The molecule has 5 N–H and O–H groups in total. The number of nitrogens with two attached hydrogens (primary N) is 1. The molecule has 2 heterocycles. The molecule has 130 valence electrons. The van der Waals surface area contributed by atoms with Gasteiger partial charge in [-0.2, -0.15) is 0 Å². The summed E-state index contributed by atoms with van der Waals surface area (Å²) in [4.78, 5) is 15.9. The second-order valence-electron chi connectivity index (χ2n) is 5.51. The van der Waals surface area contributed by atoms with Crippen molar-refractivity contribution in [1.82, 2.24) is 25.8 Å². The van der Waals surface area contributed by atoms with Gasteiger partial charge in [0, 0.05) is 0 Å². The van der Waals surface area contributed by atoms with E-state index in [2.05, 4.69) is 37.9 Å². The number of benzene rings is 1. The molecule has 0 saturated carbocycles. The number of anilines is 1. The molecule has 0 saturated heterocycles. The van der Waals surface area contributed by atoms with Crippen molar-refractivity contribution in [2.75, 3.05) is 18.8 Å². The van der Waals surface area contributed by atoms with Crippen molar-refractivity contribution in [2.45, 2.75) is 12.1 Å². The molecule has 1 aromatic carbocycles. The Balaban J connectivity index is 1.75. The van der Waals surface area contributed by atoms with Crippen molar-refractivity contribution in [1.29, 1.82) is 0 Å². The van der Waals surface area contributed by atoms with Crippen molar-refractivity contribution < 1.29 is 4.79 Å². The first-order chi connectivity index (χ1) is 12.2. The van der Waals surface area contributed by atoms with Crippen molar-refractivity contribution in [3.63, 3.8) is 0 Å². The zero-order valence-electron chi connectivity index (χ0n) is 14.0. The Kier molecular flexibility index (Phi) is 5.56. The van der Waals surface area contributed by atoms with Gasteiger partial charge in [-0.25, -0.2) is 0 Å². The van der Waals surface area contributed by atoms with E-state index in [4.69, 9.17) is 5.73 Å². The average molecular weight is 400 g/mol. The number of H-pyrrole nitrogens is 1. The number of carbonyl (C=O) groups excluding carboxylic acids is 1. The van der Waals surface area contributed by atoms with Crippen molar-refractivity contribution in [2.24, 2.45) is 0 Å². The molecule has 2 aromatic heterocycles. The predicted octanol–water partition coefficient (Wildman–Crippen LogP) is 1.01. The molecule has 0 radical (unpaired) electrons. The fraction of sp³-hybridized carbons (Fsp3) is 0.235. The topological polar surface area (TPSA) is 109 Å². The van der Waals surface area contributed by atoms with Crippen LogP contribution in [0.4, 0.5) is 10.6 Å². The third kappa shape index (κ3) is 4.31. The number of amides is 2. The van der Waals surface area contributed by atoms with E-state index in [0.717, 1.165) is 27.4 Å². The standard InChI is InChI=1S/C17H21AsN6O/c1-2-20-17(25)21-8-6-18-13-10-16(19)23-15-9-11(3-4-12(13)15)14-5-7-22-24-14/h3-5,7,9-10,18H,2,6,8H2,1H3,(H2,19,23)(H,22,24)(H2,20,21,25). The summed E-state index contributed by atoms with van der Waals surface area (Å²) in [5, 5.41) is 14.6. The molecule has 3 aromatic rings. The summed E-state index contributed by atoms with van der Waals surface area (Å²) < 4.78 is 1.26. The minimum absolute atomic E-state index is 0.114. The van der Waals surface area contributed by atoms with Gasteiger partial charge >= 0.3 is 152 Å². The number of hydrogen-bond donors (Lipinski definition) is 4. The van der Waals surface area contributed by atoms with Crippen LogP contribution in [0.15, 0.2) is 36.5 Å². The van der Waals surface area contributed by atoms with Crippen molar-refractivity contribution >= 4 is 42.9 Å². The number of rotatable bonds is 6. The monoisotopic (exact) mass is 400 g/mol. The summed E-state index contributed by atoms with van der Waals surface area (Å²) in [6.45, 7) is 3.20. The Bertz CT molecular complexity index is 865. The van der Waals surface area contributed by atoms with Gasteiger partial charge in [-0.1, -0.05) is 0 Å². The third-order valence-electron chi connectivity index (χ3n) is 3.70. The molecule has 7 nitrogen and oxygen atoms in total. The Morgan fingerprint density at radius 1 is 1.28 bits per heavy atom. The molecule has 3 rings (SSSR count). The van der Waals surface area contributed by atoms with Crippen LogP contribution in [-0.4, -0.2) is 50.1 Å². The zero-order chi connectivity index (χ0) is 17.6. The summed E-state index contributed by atoms with van der Waals surface area (Å²) in [5.41, 5.74) is 8.87. The first kappa shape index (κ1) is 17.3. The molecule has 0 bridgehead atoms. The molecule has 0 aliphatic rings. The van der Waals surface area contributed by atoms with Crippen LogP contribution in [0.1, 0.15) is 6.92 Å². The molecule has 8 heteroatoms. The van der Waals surface area contributed by atoms with E-state index in [-0.39, 0.29) is 6.03 Å². The summed E-state index contributed by atoms with van der Waals surface area (Å²) in [6, 6.07) is 9.96. The number of urea groups is 1. The molecule has 0 aliphatic heterocycles. The van der Waals surface area contributed by atoms with E-state index < -0.39 is 15.8 Å². The normalized spacial score (nSPS) is 11.2. The van der Waals surface area contributed by atoms with Crippen molar-refractivity contribution in [3.8, 4) is 11.3 Å². The van der Waals surface area contributed by atoms with Crippen LogP contribution in [0, 0.1) is 0 Å². The first-order valence-electron chi connectivity index (χ1n) is 8.13. The van der Waals surface area contributed by atoms with Gasteiger partial charge in [0.15, 0.2) is 0 Å². The van der Waals surface area contributed by atoms with Gasteiger partial charge in [0.05, 0.1) is 0 Å². The summed E-state index contributed by atoms with van der Waals surface area (Å²) in [5.74, 6) is 0.532. The van der Waals surface area contributed by atoms with Gasteiger partial charge in [-0.15, -0.1) is 0 Å². The second-order valence-corrected chi connectivity index (χ2v) is 8.43. The number of pyridine rings is 1. The molecule has 1 atom stereocenters. The van der Waals surface area contributed by atoms with Crippen LogP contribution in [0.5, 0.6) is 0 Å². The van der Waals surface area contributed by atoms with E-state index in [9.17, 15) is 4.79 Å². The number of hydrogen-bond acceptors (Lipinski definition) is 4. The number of nitrogens with zero attached hydrogens (tertiary/aromatic N) is 2. The fourth-order valence-electron chi connectivity index (χ4n) is 2.58. The maximum absolute atomic E-state index is 11.4. The Morgan fingerprint density at radius 2 is 2.16 bits per heavy atom. The van der Waals surface area contributed by atoms with Gasteiger partial charge in [0.25, 0.3) is 0 Å². The van der Waals surface area contributed by atoms with Crippen LogP contribution in [0.25, 0.3) is 22.2 Å². The van der Waals surface area contributed by atoms with Gasteiger partial charge in [0.1, 0.15) is 0 Å². The Hall–Kier alpha value is -2.53. The van der Waals surface area contributed by atoms with Gasteiger partial charge < -0.3 is 0 Å². The molecule has 25 heavy (non-hydrogen) atoms. The van der Waals surface area contributed by atoms with Gasteiger partial charge in [-0.05, 0) is 0 Å². The molecule has 0 spiro atoms. The molecular weight excluding hydrogens is 379 g/mol. The van der Waals surface area contributed by atoms with E-state index >= 15 is 0 Å². The maximum atomic E-state index is 11.4. The number of aromatic nitrogens is 3. The van der Waals surface area contributed by atoms with E-state index in [1.54, 1.807) is 6.20 Å². The number of fused-ring (bicyclic) bond motifs is 1. The minimum atomic E-state index is -0.421. The predicted molar refractivity (Wildman–Crippen MR) is 102 cm³/mol. The van der Waals surface area contributed by atoms with Crippen LogP contribution in [0.3, 0.4) is 0 Å². The van der Waals surface area contributed by atoms with Crippen LogP contribution in [-0.2, 0) is 0 Å². The third-order valence-corrected chi connectivity index (χ3v) is 6.42. The zero-order valence-corrected chi connectivity index (χ0v) is 16.1. The fourth-order valence-corrected chi connectivity index (χ4v) is 5.03. The van der Waals surface area contributed by atoms with Gasteiger partial charge in [-0.3, -0.25) is 0 Å². The Labute approximate surface area is 152 Å². The van der Waals surface area contributed by atoms with Crippen molar-refractivity contribution in [3.05, 3.63) is 36.5 Å². The Morgan fingerprint density at radius 3 is 2.92 bits per heavy atom. The van der Waals surface area contributed by atoms with E-state index in [1.807, 2.05) is 25.1 Å². The van der Waals surface area contributed by atoms with Crippen LogP contribution < -0.4 is 20.7 Å². The molecule has 0 aliphatic carbocycles. The van der Waals surface area contributed by atoms with Crippen LogP contribution in [0.2, 0.25) is 5.21 Å². The molecule has 1 unspecified atom stereocenters. The summed E-state index contributed by atoms with van der Waals surface area (Å²) >= 11 is -0.421. The van der Waals surface area contributed by atoms with E-state index in [0.29, 0.717) is 18.9 Å².